The minimum absolute atomic E-state index is 0.000517. The van der Waals surface area contributed by atoms with E-state index in [-0.39, 0.29) is 11.7 Å². The van der Waals surface area contributed by atoms with Crippen molar-refractivity contribution in [3.8, 4) is 11.8 Å². The normalized spacial score (nSPS) is 14.7. The van der Waals surface area contributed by atoms with Crippen LogP contribution in [0.25, 0.3) is 0 Å². The van der Waals surface area contributed by atoms with E-state index < -0.39 is 0 Å². The molecular formula is C20H30FI. The molecule has 0 bridgehead atoms. The van der Waals surface area contributed by atoms with Gasteiger partial charge in [-0.1, -0.05) is 80.7 Å². The first-order valence-electron chi connectivity index (χ1n) is 8.15. The lowest BCUT2D eigenvalue weighted by atomic mass is 9.89. The molecule has 0 amide bonds. The zero-order valence-electron chi connectivity index (χ0n) is 14.7. The Morgan fingerprint density at radius 1 is 1.27 bits per heavy atom. The van der Waals surface area contributed by atoms with E-state index in [4.69, 9.17) is 0 Å². The average molecular weight is 416 g/mol. The highest BCUT2D eigenvalue weighted by Gasteiger charge is 2.17. The highest BCUT2D eigenvalue weighted by Crippen LogP contribution is 2.30. The standard InChI is InChI=1S/C20H30FI/c1-7-18(8-2)14-15(4)20(21)17(6)16(5)19(9-3)12-10-11-13-22/h9,17-18H,3,7-8,11,13-14H2,1-2,4-6H3/b19-16+,20-15-/t17-/m0/s1. The van der Waals surface area contributed by atoms with Gasteiger partial charge in [-0.05, 0) is 37.3 Å². The first-order chi connectivity index (χ1) is 10.4. The van der Waals surface area contributed by atoms with Gasteiger partial charge < -0.3 is 0 Å². The Kier molecular flexibility index (Phi) is 11.6. The van der Waals surface area contributed by atoms with Gasteiger partial charge in [-0.25, -0.2) is 4.39 Å². The number of rotatable bonds is 8. The van der Waals surface area contributed by atoms with Crippen LogP contribution in [-0.4, -0.2) is 4.43 Å². The van der Waals surface area contributed by atoms with Gasteiger partial charge in [0.05, 0.1) is 0 Å². The molecule has 0 aliphatic carbocycles. The molecule has 0 fully saturated rings. The van der Waals surface area contributed by atoms with Crippen LogP contribution in [0.1, 0.15) is 60.3 Å². The molecule has 0 unspecified atom stereocenters. The van der Waals surface area contributed by atoms with Crippen LogP contribution in [0.3, 0.4) is 0 Å². The fourth-order valence-corrected chi connectivity index (χ4v) is 2.69. The van der Waals surface area contributed by atoms with E-state index in [0.29, 0.717) is 5.92 Å². The number of alkyl halides is 1. The van der Waals surface area contributed by atoms with Gasteiger partial charge in [0.1, 0.15) is 5.83 Å². The Morgan fingerprint density at radius 3 is 2.32 bits per heavy atom. The zero-order chi connectivity index (χ0) is 17.1. The summed E-state index contributed by atoms with van der Waals surface area (Å²) in [6.07, 6.45) is 5.65. The summed E-state index contributed by atoms with van der Waals surface area (Å²) < 4.78 is 15.7. The van der Waals surface area contributed by atoms with Gasteiger partial charge in [0.2, 0.25) is 0 Å². The molecule has 0 heterocycles. The quantitative estimate of drug-likeness (QED) is 0.173. The summed E-state index contributed by atoms with van der Waals surface area (Å²) in [6.45, 7) is 14.0. The fraction of sp³-hybridized carbons (Fsp3) is 0.600. The first kappa shape index (κ1) is 21.4. The molecule has 0 saturated carbocycles. The van der Waals surface area contributed by atoms with Gasteiger partial charge in [-0.15, -0.1) is 0 Å². The molecule has 0 aromatic heterocycles. The summed E-state index contributed by atoms with van der Waals surface area (Å²) in [6, 6.07) is 0. The monoisotopic (exact) mass is 416 g/mol. The van der Waals surface area contributed by atoms with Crippen LogP contribution in [0.2, 0.25) is 0 Å². The number of hydrogen-bond donors (Lipinski definition) is 0. The van der Waals surface area contributed by atoms with Crippen molar-refractivity contribution in [2.24, 2.45) is 11.8 Å². The van der Waals surface area contributed by atoms with Crippen molar-refractivity contribution < 1.29 is 4.39 Å². The largest absolute Gasteiger partial charge is 0.211 e. The van der Waals surface area contributed by atoms with Crippen LogP contribution in [0.5, 0.6) is 0 Å². The molecule has 0 aromatic carbocycles. The molecule has 0 nitrogen and oxygen atoms in total. The molecule has 0 N–H and O–H groups in total. The third-order valence-corrected chi connectivity index (χ3v) is 4.80. The summed E-state index contributed by atoms with van der Waals surface area (Å²) in [5.74, 6) is 6.59. The molecule has 0 radical (unpaired) electrons. The first-order valence-corrected chi connectivity index (χ1v) is 9.68. The molecule has 1 atom stereocenters. The van der Waals surface area contributed by atoms with Crippen LogP contribution in [-0.2, 0) is 0 Å². The summed E-state index contributed by atoms with van der Waals surface area (Å²) in [4.78, 5) is 0. The topological polar surface area (TPSA) is 0 Å². The zero-order valence-corrected chi connectivity index (χ0v) is 16.9. The molecule has 0 rings (SSSR count). The lowest BCUT2D eigenvalue weighted by molar-refractivity contribution is 0.460. The Hall–Kier alpha value is -0.560. The van der Waals surface area contributed by atoms with E-state index >= 15 is 0 Å². The van der Waals surface area contributed by atoms with E-state index in [1.54, 1.807) is 6.08 Å². The van der Waals surface area contributed by atoms with Crippen molar-refractivity contribution >= 4 is 22.6 Å². The Morgan fingerprint density at radius 2 is 1.86 bits per heavy atom. The molecule has 0 spiro atoms. The minimum Gasteiger partial charge on any atom is -0.211 e. The van der Waals surface area contributed by atoms with E-state index in [1.807, 2.05) is 20.8 Å². The van der Waals surface area contributed by atoms with Crippen LogP contribution < -0.4 is 0 Å². The van der Waals surface area contributed by atoms with Crippen molar-refractivity contribution in [2.75, 3.05) is 4.43 Å². The molecule has 0 aliphatic rings. The molecule has 124 valence electrons. The lowest BCUT2D eigenvalue weighted by Gasteiger charge is -2.18. The SMILES string of the molecule is C=C/C(C#CCCI)=C(/C)[C@H](C)/C(F)=C(\C)CC(CC)CC. The van der Waals surface area contributed by atoms with Crippen LogP contribution >= 0.6 is 22.6 Å². The van der Waals surface area contributed by atoms with Gasteiger partial charge in [-0.3, -0.25) is 0 Å². The van der Waals surface area contributed by atoms with Crippen molar-refractivity contribution in [2.45, 2.75) is 60.3 Å². The Balaban J connectivity index is 5.31. The number of halogens is 2. The van der Waals surface area contributed by atoms with Crippen molar-refractivity contribution in [3.63, 3.8) is 0 Å². The Bertz CT molecular complexity index is 470. The number of allylic oxidation sites excluding steroid dienone is 5. The van der Waals surface area contributed by atoms with E-state index in [0.717, 1.165) is 46.8 Å². The van der Waals surface area contributed by atoms with Crippen molar-refractivity contribution in [3.05, 3.63) is 35.2 Å². The summed E-state index contributed by atoms with van der Waals surface area (Å²) in [5, 5.41) is 0. The fourth-order valence-electron chi connectivity index (χ4n) is 2.42. The lowest BCUT2D eigenvalue weighted by Crippen LogP contribution is -2.05. The maximum absolute atomic E-state index is 14.7. The maximum Gasteiger partial charge on any atom is 0.106 e. The predicted molar refractivity (Wildman–Crippen MR) is 106 cm³/mol. The summed E-state index contributed by atoms with van der Waals surface area (Å²) in [7, 11) is 0. The highest BCUT2D eigenvalue weighted by atomic mass is 127. The molecule has 0 aliphatic heterocycles. The molecule has 0 saturated heterocycles. The Labute approximate surface area is 150 Å². The molecule has 22 heavy (non-hydrogen) atoms. The number of hydrogen-bond acceptors (Lipinski definition) is 0. The second kappa shape index (κ2) is 11.9. The predicted octanol–water partition coefficient (Wildman–Crippen LogP) is 7.02. The molecule has 2 heteroatoms. The summed E-state index contributed by atoms with van der Waals surface area (Å²) in [5.41, 5.74) is 2.71. The van der Waals surface area contributed by atoms with Crippen molar-refractivity contribution in [1.29, 1.82) is 0 Å². The van der Waals surface area contributed by atoms with Gasteiger partial charge in [0.15, 0.2) is 0 Å². The van der Waals surface area contributed by atoms with Gasteiger partial charge in [0, 0.05) is 22.3 Å². The molecule has 0 aromatic rings. The van der Waals surface area contributed by atoms with Crippen molar-refractivity contribution in [1.82, 2.24) is 0 Å². The van der Waals surface area contributed by atoms with Gasteiger partial charge in [0.25, 0.3) is 0 Å². The van der Waals surface area contributed by atoms with E-state index in [9.17, 15) is 4.39 Å². The smallest absolute Gasteiger partial charge is 0.106 e. The highest BCUT2D eigenvalue weighted by molar-refractivity contribution is 14.1. The second-order valence-electron chi connectivity index (χ2n) is 5.78. The average Bonchev–Trinajstić information content (AvgIpc) is 2.54. The van der Waals surface area contributed by atoms with Gasteiger partial charge in [-0.2, -0.15) is 0 Å². The maximum atomic E-state index is 14.7. The van der Waals surface area contributed by atoms with Crippen LogP contribution in [0, 0.1) is 23.7 Å². The molecular weight excluding hydrogens is 386 g/mol. The van der Waals surface area contributed by atoms with Crippen LogP contribution in [0.15, 0.2) is 35.2 Å². The third-order valence-electron chi connectivity index (χ3n) is 4.26. The van der Waals surface area contributed by atoms with E-state index in [2.05, 4.69) is 54.9 Å². The van der Waals surface area contributed by atoms with E-state index in [1.165, 1.54) is 0 Å². The van der Waals surface area contributed by atoms with Crippen LogP contribution in [0.4, 0.5) is 4.39 Å². The second-order valence-corrected chi connectivity index (χ2v) is 6.86. The minimum atomic E-state index is -0.226. The summed E-state index contributed by atoms with van der Waals surface area (Å²) >= 11 is 2.30. The third kappa shape index (κ3) is 7.13. The van der Waals surface area contributed by atoms with Gasteiger partial charge >= 0.3 is 0 Å².